The van der Waals surface area contributed by atoms with Crippen LogP contribution in [-0.4, -0.2) is 24.8 Å². The Kier molecular flexibility index (Phi) is 7.03. The molecule has 1 heterocycles. The first-order chi connectivity index (χ1) is 17.0. The zero-order valence-corrected chi connectivity index (χ0v) is 21.5. The predicted octanol–water partition coefficient (Wildman–Crippen LogP) is 6.05. The molecule has 0 aromatic heterocycles. The van der Waals surface area contributed by atoms with Gasteiger partial charge in [0.05, 0.1) is 5.69 Å². The van der Waals surface area contributed by atoms with Gasteiger partial charge in [0.1, 0.15) is 11.6 Å². The summed E-state index contributed by atoms with van der Waals surface area (Å²) in [5.41, 5.74) is 3.93. The van der Waals surface area contributed by atoms with Crippen LogP contribution in [0.4, 0.5) is 20.2 Å². The first-order valence-corrected chi connectivity index (χ1v) is 12.4. The van der Waals surface area contributed by atoms with Crippen molar-refractivity contribution in [3.63, 3.8) is 0 Å². The van der Waals surface area contributed by atoms with E-state index in [1.807, 2.05) is 24.3 Å². The van der Waals surface area contributed by atoms with Crippen molar-refractivity contribution < 1.29 is 18.4 Å². The molecule has 2 N–H and O–H groups in total. The van der Waals surface area contributed by atoms with Gasteiger partial charge in [0.2, 0.25) is 0 Å². The van der Waals surface area contributed by atoms with Gasteiger partial charge in [-0.05, 0) is 62.4 Å². The molecule has 2 aromatic rings. The molecule has 0 bridgehead atoms. The molecule has 0 saturated heterocycles. The Hall–Kier alpha value is -3.48. The number of benzene rings is 2. The van der Waals surface area contributed by atoms with Crippen molar-refractivity contribution in [1.29, 1.82) is 0 Å². The molecule has 2 aromatic carbocycles. The van der Waals surface area contributed by atoms with E-state index in [1.165, 1.54) is 6.07 Å². The number of hydrogen-bond donors (Lipinski definition) is 2. The van der Waals surface area contributed by atoms with Crippen LogP contribution in [0.25, 0.3) is 0 Å². The van der Waals surface area contributed by atoms with E-state index in [1.54, 1.807) is 6.92 Å². The van der Waals surface area contributed by atoms with Crippen LogP contribution in [0, 0.1) is 17.0 Å². The topological polar surface area (TPSA) is 61.4 Å². The summed E-state index contributed by atoms with van der Waals surface area (Å²) in [5, 5.41) is 5.90. The summed E-state index contributed by atoms with van der Waals surface area (Å²) in [4.78, 5) is 29.2. The minimum Gasteiger partial charge on any atom is -0.372 e. The number of nitrogens with one attached hydrogen (secondary N) is 2. The standard InChI is InChI=1S/C29H33F2N3O2/c1-6-34(7-2)20-11-8-18(9-12-20)26-25(28(36)33-22-13-10-19(30)14-21(22)31)17(3)32-23-15-29(4,5)16-24(35)27(23)26/h8-14,26,32H,6-7,15-16H2,1-5H3,(H,33,36)/t26-/m0/s1. The maximum absolute atomic E-state index is 14.3. The van der Waals surface area contributed by atoms with Crippen molar-refractivity contribution in [3.05, 3.63) is 82.2 Å². The van der Waals surface area contributed by atoms with Crippen molar-refractivity contribution >= 4 is 23.1 Å². The molecule has 1 aliphatic heterocycles. The minimum absolute atomic E-state index is 0.00247. The van der Waals surface area contributed by atoms with E-state index in [4.69, 9.17) is 0 Å². The lowest BCUT2D eigenvalue weighted by Gasteiger charge is -2.39. The molecule has 1 aliphatic carbocycles. The number of nitrogens with zero attached hydrogens (tertiary/aromatic N) is 1. The third-order valence-corrected chi connectivity index (χ3v) is 7.02. The van der Waals surface area contributed by atoms with E-state index >= 15 is 0 Å². The Bertz CT molecular complexity index is 1260. The highest BCUT2D eigenvalue weighted by atomic mass is 19.1. The monoisotopic (exact) mass is 493 g/mol. The van der Waals surface area contributed by atoms with E-state index in [0.717, 1.165) is 42.2 Å². The molecule has 0 radical (unpaired) electrons. The van der Waals surface area contributed by atoms with Crippen molar-refractivity contribution in [2.75, 3.05) is 23.3 Å². The highest BCUT2D eigenvalue weighted by molar-refractivity contribution is 6.10. The summed E-state index contributed by atoms with van der Waals surface area (Å²) >= 11 is 0. The van der Waals surface area contributed by atoms with Crippen LogP contribution < -0.4 is 15.5 Å². The quantitative estimate of drug-likeness (QED) is 0.514. The van der Waals surface area contributed by atoms with Crippen molar-refractivity contribution in [1.82, 2.24) is 5.32 Å². The lowest BCUT2D eigenvalue weighted by molar-refractivity contribution is -0.118. The Labute approximate surface area is 211 Å². The normalized spacial score (nSPS) is 19.1. The molecule has 2 aliphatic rings. The molecular weight excluding hydrogens is 460 g/mol. The molecule has 0 unspecified atom stereocenters. The smallest absolute Gasteiger partial charge is 0.254 e. The number of ketones is 1. The number of dihydropyridines is 1. The Morgan fingerprint density at radius 1 is 1.08 bits per heavy atom. The van der Waals surface area contributed by atoms with Crippen LogP contribution >= 0.6 is 0 Å². The molecule has 0 spiro atoms. The summed E-state index contributed by atoms with van der Waals surface area (Å²) in [6, 6.07) is 10.9. The van der Waals surface area contributed by atoms with Crippen LogP contribution in [0.2, 0.25) is 0 Å². The Morgan fingerprint density at radius 3 is 2.36 bits per heavy atom. The first-order valence-electron chi connectivity index (χ1n) is 12.4. The number of rotatable bonds is 6. The molecule has 0 saturated carbocycles. The van der Waals surface area contributed by atoms with Gasteiger partial charge in [0.15, 0.2) is 5.78 Å². The number of amides is 1. The number of halogens is 2. The number of carbonyl (C=O) groups is 2. The zero-order chi connectivity index (χ0) is 26.2. The molecule has 190 valence electrons. The highest BCUT2D eigenvalue weighted by Crippen LogP contribution is 2.47. The second kappa shape index (κ2) is 9.88. The summed E-state index contributed by atoms with van der Waals surface area (Å²) in [7, 11) is 0. The van der Waals surface area contributed by atoms with E-state index in [0.29, 0.717) is 29.7 Å². The van der Waals surface area contributed by atoms with Crippen LogP contribution in [0.5, 0.6) is 0 Å². The van der Waals surface area contributed by atoms with Gasteiger partial charge >= 0.3 is 0 Å². The second-order valence-corrected chi connectivity index (χ2v) is 10.3. The zero-order valence-electron chi connectivity index (χ0n) is 21.5. The fourth-order valence-electron chi connectivity index (χ4n) is 5.32. The van der Waals surface area contributed by atoms with E-state index in [-0.39, 0.29) is 16.9 Å². The maximum Gasteiger partial charge on any atom is 0.254 e. The molecule has 1 amide bonds. The molecular formula is C29H33F2N3O2. The SMILES string of the molecule is CCN(CC)c1ccc([C@H]2C(C(=O)Nc3ccc(F)cc3F)=C(C)NC3=C2C(=O)CC(C)(C)C3)cc1. The minimum atomic E-state index is -0.860. The number of Topliss-reactive ketones (excluding diaryl/α,β-unsaturated/α-hetero) is 1. The average molecular weight is 494 g/mol. The largest absolute Gasteiger partial charge is 0.372 e. The first kappa shape index (κ1) is 25.6. The number of allylic oxidation sites excluding steroid dienone is 3. The molecule has 1 atom stereocenters. The lowest BCUT2D eigenvalue weighted by Crippen LogP contribution is -2.39. The third kappa shape index (κ3) is 4.92. The fourth-order valence-corrected chi connectivity index (χ4v) is 5.32. The number of carbonyl (C=O) groups excluding carboxylic acids is 2. The van der Waals surface area contributed by atoms with Gasteiger partial charge in [-0.3, -0.25) is 9.59 Å². The van der Waals surface area contributed by atoms with E-state index in [2.05, 4.69) is 43.2 Å². The van der Waals surface area contributed by atoms with E-state index < -0.39 is 23.5 Å². The highest BCUT2D eigenvalue weighted by Gasteiger charge is 2.42. The maximum atomic E-state index is 14.3. The molecule has 5 nitrogen and oxygen atoms in total. The molecule has 4 rings (SSSR count). The number of hydrogen-bond acceptors (Lipinski definition) is 4. The van der Waals surface area contributed by atoms with Gasteiger partial charge in [0, 0.05) is 59.7 Å². The Morgan fingerprint density at radius 2 is 1.75 bits per heavy atom. The molecule has 36 heavy (non-hydrogen) atoms. The van der Waals surface area contributed by atoms with Gasteiger partial charge in [-0.1, -0.05) is 26.0 Å². The van der Waals surface area contributed by atoms with Gasteiger partial charge in [0.25, 0.3) is 5.91 Å². The fraction of sp³-hybridized carbons (Fsp3) is 0.379. The summed E-state index contributed by atoms with van der Waals surface area (Å²) < 4.78 is 27.7. The summed E-state index contributed by atoms with van der Waals surface area (Å²) in [6.07, 6.45) is 1.06. The van der Waals surface area contributed by atoms with Crippen molar-refractivity contribution in [2.24, 2.45) is 5.41 Å². The molecule has 7 heteroatoms. The van der Waals surface area contributed by atoms with Crippen LogP contribution in [-0.2, 0) is 9.59 Å². The van der Waals surface area contributed by atoms with E-state index in [9.17, 15) is 18.4 Å². The van der Waals surface area contributed by atoms with Crippen LogP contribution in [0.1, 0.15) is 58.9 Å². The summed E-state index contributed by atoms with van der Waals surface area (Å²) in [5.74, 6) is -2.72. The van der Waals surface area contributed by atoms with Crippen LogP contribution in [0.3, 0.4) is 0 Å². The average Bonchev–Trinajstić information content (AvgIpc) is 2.80. The Balaban J connectivity index is 1.79. The summed E-state index contributed by atoms with van der Waals surface area (Å²) in [6.45, 7) is 11.8. The molecule has 0 fully saturated rings. The lowest BCUT2D eigenvalue weighted by atomic mass is 9.68. The van der Waals surface area contributed by atoms with Gasteiger partial charge in [-0.2, -0.15) is 0 Å². The van der Waals surface area contributed by atoms with Gasteiger partial charge < -0.3 is 15.5 Å². The van der Waals surface area contributed by atoms with Crippen molar-refractivity contribution in [2.45, 2.75) is 53.4 Å². The number of anilines is 2. The van der Waals surface area contributed by atoms with Gasteiger partial charge in [-0.15, -0.1) is 0 Å². The second-order valence-electron chi connectivity index (χ2n) is 10.3. The van der Waals surface area contributed by atoms with Crippen molar-refractivity contribution in [3.8, 4) is 0 Å². The van der Waals surface area contributed by atoms with Gasteiger partial charge in [-0.25, -0.2) is 8.78 Å². The predicted molar refractivity (Wildman–Crippen MR) is 139 cm³/mol. The van der Waals surface area contributed by atoms with Crippen LogP contribution in [0.15, 0.2) is 65.0 Å². The third-order valence-electron chi connectivity index (χ3n) is 7.02.